The zero-order valence-corrected chi connectivity index (χ0v) is 31.0. The number of likely N-dealkylation sites (tertiary alicyclic amines) is 1. The van der Waals surface area contributed by atoms with E-state index < -0.39 is 33.5 Å². The third-order valence-corrected chi connectivity index (χ3v) is 10.0. The highest BCUT2D eigenvalue weighted by molar-refractivity contribution is 7.86. The minimum absolute atomic E-state index is 0.0468. The molecule has 0 saturated carbocycles. The van der Waals surface area contributed by atoms with Crippen molar-refractivity contribution in [2.24, 2.45) is 5.73 Å². The molecular weight excluding hydrogens is 710 g/mol. The monoisotopic (exact) mass is 761 g/mol. The summed E-state index contributed by atoms with van der Waals surface area (Å²) in [6.45, 7) is 9.18. The number of unbranched alkanes of at least 4 members (excludes halogenated alkanes) is 2. The van der Waals surface area contributed by atoms with Gasteiger partial charge in [-0.25, -0.2) is 0 Å². The number of anilines is 2. The molecule has 3 atom stereocenters. The van der Waals surface area contributed by atoms with Gasteiger partial charge in [-0.1, -0.05) is 24.3 Å². The third kappa shape index (κ3) is 10.8. The highest BCUT2D eigenvalue weighted by Crippen LogP contribution is 2.37. The minimum atomic E-state index is -4.50. The average molecular weight is 762 g/mol. The maximum atomic E-state index is 13.7. The van der Waals surface area contributed by atoms with Crippen molar-refractivity contribution in [2.45, 2.75) is 56.0 Å². The van der Waals surface area contributed by atoms with E-state index in [4.69, 9.17) is 35.2 Å². The Bertz CT molecular complexity index is 1750. The van der Waals surface area contributed by atoms with Crippen LogP contribution < -0.4 is 41.0 Å². The summed E-state index contributed by atoms with van der Waals surface area (Å²) in [7, 11) is -1.61. The second-order valence-corrected chi connectivity index (χ2v) is 14.4. The van der Waals surface area contributed by atoms with Gasteiger partial charge in [-0.3, -0.25) is 14.1 Å². The zero-order valence-electron chi connectivity index (χ0n) is 30.2. The topological polar surface area (TPSA) is 234 Å². The molecule has 8 N–H and O–H groups in total. The second-order valence-electron chi connectivity index (χ2n) is 12.9. The number of aliphatic hydroxyl groups excluding tert-OH is 1. The van der Waals surface area contributed by atoms with E-state index in [0.29, 0.717) is 55.9 Å². The number of nitrogens with two attached hydrogens (primary N) is 2. The summed E-state index contributed by atoms with van der Waals surface area (Å²) < 4.78 is 62.7. The largest absolute Gasteiger partial charge is 0.493 e. The van der Waals surface area contributed by atoms with Gasteiger partial charge in [0.25, 0.3) is 21.9 Å². The van der Waals surface area contributed by atoms with Crippen LogP contribution in [0.1, 0.15) is 59.2 Å². The SMILES string of the molecule is C=C1CCC(S(=O)(=O)O)Nc2cc(OCCCCCOc3cc(N)c(C(=O)N4CC(=C)C[C@H]4C(CO)OCCN)cc3OC)c(OC)cc2C(=O)NC1. The van der Waals surface area contributed by atoms with E-state index in [0.717, 1.165) is 5.57 Å². The first-order valence-corrected chi connectivity index (χ1v) is 18.8. The van der Waals surface area contributed by atoms with Crippen LogP contribution in [0.25, 0.3) is 0 Å². The van der Waals surface area contributed by atoms with E-state index >= 15 is 0 Å². The maximum Gasteiger partial charge on any atom is 0.286 e. The van der Waals surface area contributed by atoms with Crippen molar-refractivity contribution in [3.63, 3.8) is 0 Å². The molecule has 17 heteroatoms. The normalized spacial score (nSPS) is 18.4. The molecule has 292 valence electrons. The van der Waals surface area contributed by atoms with E-state index in [9.17, 15) is 27.7 Å². The van der Waals surface area contributed by atoms with Gasteiger partial charge in [0, 0.05) is 37.5 Å². The van der Waals surface area contributed by atoms with Crippen LogP contribution >= 0.6 is 0 Å². The molecular formula is C36H51N5O11S. The van der Waals surface area contributed by atoms with Crippen LogP contribution in [0.4, 0.5) is 11.4 Å². The highest BCUT2D eigenvalue weighted by atomic mass is 32.2. The summed E-state index contributed by atoms with van der Waals surface area (Å²) in [6, 6.07) is 5.60. The quantitative estimate of drug-likeness (QED) is 0.0589. The van der Waals surface area contributed by atoms with E-state index in [-0.39, 0.29) is 85.7 Å². The van der Waals surface area contributed by atoms with E-state index in [2.05, 4.69) is 23.8 Å². The van der Waals surface area contributed by atoms with Gasteiger partial charge in [-0.15, -0.1) is 0 Å². The number of nitrogens with zero attached hydrogens (tertiary/aromatic N) is 1. The van der Waals surface area contributed by atoms with Crippen LogP contribution in [0.5, 0.6) is 23.0 Å². The number of carbonyl (C=O) groups excluding carboxylic acids is 2. The van der Waals surface area contributed by atoms with Gasteiger partial charge < -0.3 is 55.8 Å². The molecule has 2 aromatic carbocycles. The molecule has 2 aromatic rings. The Morgan fingerprint density at radius 2 is 1.66 bits per heavy atom. The molecule has 0 aliphatic carbocycles. The van der Waals surface area contributed by atoms with Gasteiger partial charge in [0.1, 0.15) is 6.10 Å². The van der Waals surface area contributed by atoms with Crippen LogP contribution in [0.15, 0.2) is 48.6 Å². The molecule has 0 bridgehead atoms. The maximum absolute atomic E-state index is 13.7. The molecule has 16 nitrogen and oxygen atoms in total. The number of hydrogen-bond donors (Lipinski definition) is 6. The number of methoxy groups -OCH3 is 2. The molecule has 2 heterocycles. The summed E-state index contributed by atoms with van der Waals surface area (Å²) in [5.74, 6) is 0.448. The van der Waals surface area contributed by atoms with Gasteiger partial charge >= 0.3 is 0 Å². The highest BCUT2D eigenvalue weighted by Gasteiger charge is 2.38. The van der Waals surface area contributed by atoms with Gasteiger partial charge in [0.05, 0.1) is 63.5 Å². The van der Waals surface area contributed by atoms with Gasteiger partial charge in [0.2, 0.25) is 0 Å². The number of fused-ring (bicyclic) bond motifs is 1. The van der Waals surface area contributed by atoms with Crippen LogP contribution in [-0.2, 0) is 14.9 Å². The minimum Gasteiger partial charge on any atom is -0.493 e. The molecule has 0 aromatic heterocycles. The Labute approximate surface area is 310 Å². The molecule has 53 heavy (non-hydrogen) atoms. The number of ether oxygens (including phenoxy) is 5. The molecule has 2 aliphatic heterocycles. The molecule has 0 spiro atoms. The molecule has 2 unspecified atom stereocenters. The number of nitrogens with one attached hydrogen (secondary N) is 2. The Balaban J connectivity index is 1.35. The Hall–Kier alpha value is -4.55. The number of carbonyl (C=O) groups is 2. The number of hydrogen-bond acceptors (Lipinski definition) is 13. The summed E-state index contributed by atoms with van der Waals surface area (Å²) in [4.78, 5) is 28.2. The Morgan fingerprint density at radius 1 is 1.00 bits per heavy atom. The van der Waals surface area contributed by atoms with Crippen molar-refractivity contribution in [1.82, 2.24) is 10.2 Å². The zero-order chi connectivity index (χ0) is 38.7. The smallest absolute Gasteiger partial charge is 0.286 e. The van der Waals surface area contributed by atoms with Crippen LogP contribution in [0.2, 0.25) is 0 Å². The fraction of sp³-hybridized carbons (Fsp3) is 0.500. The van der Waals surface area contributed by atoms with Crippen molar-refractivity contribution < 1.29 is 51.4 Å². The lowest BCUT2D eigenvalue weighted by atomic mass is 10.1. The first kappa shape index (κ1) is 41.2. The predicted molar refractivity (Wildman–Crippen MR) is 199 cm³/mol. The number of aliphatic hydroxyl groups is 1. The number of benzene rings is 2. The summed E-state index contributed by atoms with van der Waals surface area (Å²) >= 11 is 0. The van der Waals surface area contributed by atoms with Crippen LogP contribution in [0, 0.1) is 0 Å². The van der Waals surface area contributed by atoms with Crippen molar-refractivity contribution in [2.75, 3.05) is 71.3 Å². The summed E-state index contributed by atoms with van der Waals surface area (Å²) in [5.41, 5.74) is 14.1. The molecule has 1 fully saturated rings. The van der Waals surface area contributed by atoms with Crippen molar-refractivity contribution in [3.8, 4) is 23.0 Å². The van der Waals surface area contributed by atoms with Crippen LogP contribution in [-0.4, -0.2) is 113 Å². The fourth-order valence-corrected chi connectivity index (χ4v) is 6.85. The Morgan fingerprint density at radius 3 is 2.28 bits per heavy atom. The number of nitrogen functional groups attached to an aromatic ring is 1. The van der Waals surface area contributed by atoms with Crippen molar-refractivity contribution in [1.29, 1.82) is 0 Å². The lowest BCUT2D eigenvalue weighted by molar-refractivity contribution is -0.0255. The lowest BCUT2D eigenvalue weighted by Gasteiger charge is -2.30. The number of rotatable bonds is 17. The third-order valence-electron chi connectivity index (χ3n) is 8.97. The first-order chi connectivity index (χ1) is 25.3. The molecule has 1 saturated heterocycles. The van der Waals surface area contributed by atoms with Crippen molar-refractivity contribution in [3.05, 3.63) is 59.7 Å². The Kier molecular flexibility index (Phi) is 14.8. The molecule has 4 rings (SSSR count). The first-order valence-electron chi connectivity index (χ1n) is 17.3. The van der Waals surface area contributed by atoms with Crippen molar-refractivity contribution >= 4 is 33.3 Å². The van der Waals surface area contributed by atoms with E-state index in [1.807, 2.05) is 0 Å². The average Bonchev–Trinajstić information content (AvgIpc) is 3.52. The lowest BCUT2D eigenvalue weighted by Crippen LogP contribution is -2.46. The predicted octanol–water partition coefficient (Wildman–Crippen LogP) is 2.73. The van der Waals surface area contributed by atoms with E-state index in [1.165, 1.54) is 26.4 Å². The summed E-state index contributed by atoms with van der Waals surface area (Å²) in [5, 5.41) is 14.1. The molecule has 2 aliphatic rings. The van der Waals surface area contributed by atoms with Gasteiger partial charge in [-0.05, 0) is 50.7 Å². The van der Waals surface area contributed by atoms with Gasteiger partial charge in [-0.2, -0.15) is 8.42 Å². The standard InChI is InChI=1S/C36H51N5O11S/c1-22-8-9-34(53(45,46)47)40-27-18-32(30(49-4)16-25(27)35(43)39-19-22)51-12-7-5-6-11-50-31-17-26(38)24(15-29(31)48-3)36(44)41-20-23(2)14-28(41)33(21-42)52-13-10-37/h15-18,28,33-34,40,42H,1-2,5-14,19-21,37-38H2,3-4H3,(H,39,43)(H,45,46,47)/t28-,33?,34?/m0/s1. The molecule has 0 radical (unpaired) electrons. The molecule has 2 amide bonds. The van der Waals surface area contributed by atoms with Gasteiger partial charge in [0.15, 0.2) is 28.4 Å². The second kappa shape index (κ2) is 19.0. The van der Waals surface area contributed by atoms with E-state index in [1.54, 1.807) is 17.0 Å². The fourth-order valence-electron chi connectivity index (χ4n) is 6.15. The number of amides is 2. The van der Waals surface area contributed by atoms with Crippen LogP contribution in [0.3, 0.4) is 0 Å². The summed E-state index contributed by atoms with van der Waals surface area (Å²) in [6.07, 6.45) is 2.14.